The molecule has 0 N–H and O–H groups in total. The third kappa shape index (κ3) is 4.25. The van der Waals surface area contributed by atoms with Crippen LogP contribution in [0.1, 0.15) is 0 Å². The van der Waals surface area contributed by atoms with Crippen LogP contribution in [0, 0.1) is 0 Å². The lowest BCUT2D eigenvalue weighted by atomic mass is 10.1. The third-order valence-electron chi connectivity index (χ3n) is 9.75. The van der Waals surface area contributed by atoms with Crippen LogP contribution in [-0.2, 0) is 0 Å². The minimum absolute atomic E-state index is 0.562. The van der Waals surface area contributed by atoms with Gasteiger partial charge in [-0.05, 0) is 60.7 Å². The van der Waals surface area contributed by atoms with Gasteiger partial charge in [-0.25, -0.2) is 15.0 Å². The molecule has 0 amide bonds. The monoisotopic (exact) mass is 655 g/mol. The second-order valence-corrected chi connectivity index (χ2v) is 12.7. The van der Waals surface area contributed by atoms with Crippen LogP contribution >= 0.6 is 0 Å². The minimum atomic E-state index is 0.562. The number of fused-ring (bicyclic) bond motifs is 9. The highest BCUT2D eigenvalue weighted by Gasteiger charge is 2.19. The first-order valence-corrected chi connectivity index (χ1v) is 16.8. The lowest BCUT2D eigenvalue weighted by Gasteiger charge is -2.12. The average molecular weight is 656 g/mol. The van der Waals surface area contributed by atoms with E-state index in [4.69, 9.17) is 23.8 Å². The van der Waals surface area contributed by atoms with Crippen molar-refractivity contribution in [3.63, 3.8) is 0 Å². The summed E-state index contributed by atoms with van der Waals surface area (Å²) in [5, 5.41) is 6.37. The van der Waals surface area contributed by atoms with Crippen LogP contribution in [0.2, 0.25) is 0 Å². The maximum atomic E-state index is 6.26. The van der Waals surface area contributed by atoms with Gasteiger partial charge < -0.3 is 13.4 Å². The Hall–Kier alpha value is -7.12. The third-order valence-corrected chi connectivity index (χ3v) is 9.75. The first kappa shape index (κ1) is 27.8. The molecule has 0 atom stereocenters. The van der Waals surface area contributed by atoms with Crippen molar-refractivity contribution in [2.75, 3.05) is 0 Å². The van der Waals surface area contributed by atoms with Crippen LogP contribution in [0.15, 0.2) is 161 Å². The minimum Gasteiger partial charge on any atom is -0.456 e. The maximum Gasteiger partial charge on any atom is 0.164 e. The number of pyridine rings is 1. The number of rotatable bonds is 4. The molecule has 0 unspecified atom stereocenters. The van der Waals surface area contributed by atoms with Crippen molar-refractivity contribution in [2.24, 2.45) is 0 Å². The van der Waals surface area contributed by atoms with E-state index >= 15 is 0 Å². The van der Waals surface area contributed by atoms with E-state index in [1.165, 1.54) is 10.8 Å². The fraction of sp³-hybridized carbons (Fsp3) is 0. The number of hydrogen-bond donors (Lipinski definition) is 0. The molecule has 0 radical (unpaired) electrons. The number of furan rings is 2. The Kier molecular flexibility index (Phi) is 5.83. The van der Waals surface area contributed by atoms with Gasteiger partial charge in [0, 0.05) is 60.9 Å². The van der Waals surface area contributed by atoms with Gasteiger partial charge in [-0.3, -0.25) is 4.98 Å². The van der Waals surface area contributed by atoms with Crippen molar-refractivity contribution in [1.29, 1.82) is 0 Å². The predicted molar refractivity (Wildman–Crippen MR) is 203 cm³/mol. The van der Waals surface area contributed by atoms with Gasteiger partial charge in [0.2, 0.25) is 0 Å². The van der Waals surface area contributed by atoms with E-state index in [2.05, 4.69) is 101 Å². The molecule has 0 aliphatic heterocycles. The highest BCUT2D eigenvalue weighted by Crippen LogP contribution is 2.38. The predicted octanol–water partition coefficient (Wildman–Crippen LogP) is 11.2. The quantitative estimate of drug-likeness (QED) is 0.188. The lowest BCUT2D eigenvalue weighted by Crippen LogP contribution is -2.01. The molecule has 0 fully saturated rings. The highest BCUT2D eigenvalue weighted by atomic mass is 16.3. The van der Waals surface area contributed by atoms with E-state index in [1.807, 2.05) is 48.5 Å². The maximum absolute atomic E-state index is 6.26. The summed E-state index contributed by atoms with van der Waals surface area (Å²) in [6.45, 7) is 0. The Morgan fingerprint density at radius 2 is 1.08 bits per heavy atom. The Balaban J connectivity index is 1.16. The standard InChI is InChI=1S/C44H25N5O2/c1-4-15-35-29(11-1)30-12-2-5-16-36(30)49(35)28-10-7-9-26(23-28)42-46-43(27-19-20-38-34(24-27)31-21-22-45-25-40(31)51-38)48-44(47-42)33-14-8-18-39-41(33)32-13-3-6-17-37(32)50-39/h1-25H. The smallest absolute Gasteiger partial charge is 0.164 e. The van der Waals surface area contributed by atoms with Gasteiger partial charge in [0.15, 0.2) is 23.1 Å². The van der Waals surface area contributed by atoms with Crippen LogP contribution < -0.4 is 0 Å². The van der Waals surface area contributed by atoms with E-state index in [0.717, 1.165) is 77.3 Å². The first-order chi connectivity index (χ1) is 25.3. The molecule has 11 aromatic rings. The lowest BCUT2D eigenvalue weighted by molar-refractivity contribution is 0.667. The van der Waals surface area contributed by atoms with Crippen molar-refractivity contribution < 1.29 is 8.83 Å². The van der Waals surface area contributed by atoms with Crippen LogP contribution in [0.25, 0.3) is 106 Å². The molecule has 0 aliphatic rings. The average Bonchev–Trinajstić information content (AvgIpc) is 3.87. The van der Waals surface area contributed by atoms with Crippen LogP contribution in [0.3, 0.4) is 0 Å². The summed E-state index contributed by atoms with van der Waals surface area (Å²) in [6.07, 6.45) is 3.53. The summed E-state index contributed by atoms with van der Waals surface area (Å²) in [4.78, 5) is 19.7. The van der Waals surface area contributed by atoms with E-state index in [1.54, 1.807) is 12.4 Å². The summed E-state index contributed by atoms with van der Waals surface area (Å²) in [5.74, 6) is 1.70. The largest absolute Gasteiger partial charge is 0.456 e. The molecule has 5 aromatic heterocycles. The fourth-order valence-electron chi connectivity index (χ4n) is 7.47. The second-order valence-electron chi connectivity index (χ2n) is 12.7. The Morgan fingerprint density at radius 3 is 1.90 bits per heavy atom. The summed E-state index contributed by atoms with van der Waals surface area (Å²) in [7, 11) is 0. The van der Waals surface area contributed by atoms with Gasteiger partial charge >= 0.3 is 0 Å². The number of benzene rings is 6. The molecule has 0 spiro atoms. The van der Waals surface area contributed by atoms with Crippen molar-refractivity contribution in [1.82, 2.24) is 24.5 Å². The summed E-state index contributed by atoms with van der Waals surface area (Å²) in [5.41, 5.74) is 9.04. The molecule has 0 saturated heterocycles. The van der Waals surface area contributed by atoms with Crippen LogP contribution in [0.5, 0.6) is 0 Å². The molecule has 238 valence electrons. The molecule has 0 aliphatic carbocycles. The zero-order chi connectivity index (χ0) is 33.5. The Morgan fingerprint density at radius 1 is 0.431 bits per heavy atom. The van der Waals surface area contributed by atoms with Crippen LogP contribution in [0.4, 0.5) is 0 Å². The zero-order valence-corrected chi connectivity index (χ0v) is 27.0. The molecule has 0 bridgehead atoms. The molecule has 7 nitrogen and oxygen atoms in total. The molecule has 7 heteroatoms. The van der Waals surface area contributed by atoms with Gasteiger partial charge in [-0.2, -0.15) is 0 Å². The number of aromatic nitrogens is 5. The SMILES string of the molecule is c1cc(-c2nc(-c3ccc4oc5cnccc5c4c3)nc(-c3cccc4oc5ccccc5c34)n2)cc(-n2c3ccccc3c3ccccc32)c1. The van der Waals surface area contributed by atoms with Gasteiger partial charge in [-0.1, -0.05) is 78.9 Å². The molecule has 5 heterocycles. The van der Waals surface area contributed by atoms with Gasteiger partial charge in [0.25, 0.3) is 0 Å². The van der Waals surface area contributed by atoms with Crippen molar-refractivity contribution >= 4 is 65.7 Å². The highest BCUT2D eigenvalue weighted by molar-refractivity contribution is 6.12. The molecule has 6 aromatic carbocycles. The first-order valence-electron chi connectivity index (χ1n) is 16.8. The topological polar surface area (TPSA) is 82.8 Å². The molecule has 0 saturated carbocycles. The number of nitrogens with zero attached hydrogens (tertiary/aromatic N) is 5. The molecular weight excluding hydrogens is 631 g/mol. The van der Waals surface area contributed by atoms with Crippen molar-refractivity contribution in [3.05, 3.63) is 152 Å². The number of hydrogen-bond acceptors (Lipinski definition) is 6. The Labute approximate surface area is 290 Å². The van der Waals surface area contributed by atoms with Gasteiger partial charge in [0.05, 0.1) is 17.2 Å². The zero-order valence-electron chi connectivity index (χ0n) is 27.0. The molecular formula is C44H25N5O2. The van der Waals surface area contributed by atoms with Gasteiger partial charge in [-0.15, -0.1) is 0 Å². The van der Waals surface area contributed by atoms with Crippen molar-refractivity contribution in [3.8, 4) is 39.9 Å². The molecule has 11 rings (SSSR count). The second kappa shape index (κ2) is 10.7. The van der Waals surface area contributed by atoms with E-state index in [0.29, 0.717) is 17.5 Å². The van der Waals surface area contributed by atoms with E-state index in [-0.39, 0.29) is 0 Å². The molecule has 51 heavy (non-hydrogen) atoms. The van der Waals surface area contributed by atoms with Gasteiger partial charge in [0.1, 0.15) is 16.7 Å². The van der Waals surface area contributed by atoms with E-state index < -0.39 is 0 Å². The van der Waals surface area contributed by atoms with Crippen molar-refractivity contribution in [2.45, 2.75) is 0 Å². The van der Waals surface area contributed by atoms with Crippen LogP contribution in [-0.4, -0.2) is 24.5 Å². The normalized spacial score (nSPS) is 11.9. The summed E-state index contributed by atoms with van der Waals surface area (Å²) < 4.78 is 14.7. The fourth-order valence-corrected chi connectivity index (χ4v) is 7.47. The number of para-hydroxylation sites is 3. The summed E-state index contributed by atoms with van der Waals surface area (Å²) >= 11 is 0. The van der Waals surface area contributed by atoms with E-state index in [9.17, 15) is 0 Å². The summed E-state index contributed by atoms with van der Waals surface area (Å²) in [6, 6.07) is 47.6. The Bertz CT molecular complexity index is 3120.